The van der Waals surface area contributed by atoms with Gasteiger partial charge in [-0.2, -0.15) is 5.26 Å². The molecule has 0 saturated heterocycles. The highest BCUT2D eigenvalue weighted by Gasteiger charge is 2.24. The van der Waals surface area contributed by atoms with Crippen molar-refractivity contribution in [3.8, 4) is 11.8 Å². The van der Waals surface area contributed by atoms with Crippen molar-refractivity contribution < 1.29 is 4.74 Å². The third-order valence-electron chi connectivity index (χ3n) is 2.36. The first-order valence-corrected chi connectivity index (χ1v) is 4.51. The van der Waals surface area contributed by atoms with Gasteiger partial charge in [0.15, 0.2) is 0 Å². The van der Waals surface area contributed by atoms with Crippen LogP contribution in [0, 0.1) is 11.3 Å². The molecular weight excluding hydrogens is 176 g/mol. The van der Waals surface area contributed by atoms with Crippen LogP contribution in [-0.4, -0.2) is 7.11 Å². The first-order chi connectivity index (χ1) is 6.66. The van der Waals surface area contributed by atoms with Gasteiger partial charge in [0.25, 0.3) is 0 Å². The lowest BCUT2D eigenvalue weighted by Gasteiger charge is -2.19. The van der Waals surface area contributed by atoms with E-state index in [2.05, 4.69) is 6.07 Å². The summed E-state index contributed by atoms with van der Waals surface area (Å²) < 4.78 is 5.03. The molecule has 0 radical (unpaired) electrons. The van der Waals surface area contributed by atoms with Gasteiger partial charge in [-0.1, -0.05) is 19.1 Å². The molecule has 0 saturated carbocycles. The molecule has 0 spiro atoms. The molecule has 1 rings (SSSR count). The molecule has 0 fully saturated rings. The van der Waals surface area contributed by atoms with E-state index < -0.39 is 5.54 Å². The van der Waals surface area contributed by atoms with Gasteiger partial charge in [-0.3, -0.25) is 0 Å². The summed E-state index contributed by atoms with van der Waals surface area (Å²) in [5.41, 5.74) is 5.85. The predicted octanol–water partition coefficient (Wildman–Crippen LogP) is 1.78. The third kappa shape index (κ3) is 1.86. The number of nitrogens with two attached hydrogens (primary N) is 1. The Labute approximate surface area is 84.1 Å². The molecular formula is C11H14N2O. The SMILES string of the molecule is CCC(N)(C#N)c1ccc(OC)cc1. The smallest absolute Gasteiger partial charge is 0.129 e. The van der Waals surface area contributed by atoms with E-state index in [0.29, 0.717) is 6.42 Å². The number of methoxy groups -OCH3 is 1. The second kappa shape index (κ2) is 4.12. The van der Waals surface area contributed by atoms with Gasteiger partial charge in [0.05, 0.1) is 13.2 Å². The highest BCUT2D eigenvalue weighted by molar-refractivity contribution is 5.35. The lowest BCUT2D eigenvalue weighted by molar-refractivity contribution is 0.414. The molecule has 0 bridgehead atoms. The Balaban J connectivity index is 3.03. The fourth-order valence-electron chi connectivity index (χ4n) is 1.24. The van der Waals surface area contributed by atoms with Gasteiger partial charge < -0.3 is 10.5 Å². The fraction of sp³-hybridized carbons (Fsp3) is 0.364. The summed E-state index contributed by atoms with van der Waals surface area (Å²) in [7, 11) is 1.61. The maximum absolute atomic E-state index is 8.96. The van der Waals surface area contributed by atoms with Crippen LogP contribution in [0.1, 0.15) is 18.9 Å². The highest BCUT2D eigenvalue weighted by Crippen LogP contribution is 2.23. The Kier molecular flexibility index (Phi) is 3.10. The van der Waals surface area contributed by atoms with E-state index in [1.807, 2.05) is 31.2 Å². The average Bonchev–Trinajstić information content (AvgIpc) is 2.28. The molecule has 0 amide bonds. The number of hydrogen-bond donors (Lipinski definition) is 1. The van der Waals surface area contributed by atoms with Crippen molar-refractivity contribution in [2.24, 2.45) is 5.73 Å². The van der Waals surface area contributed by atoms with Gasteiger partial charge in [0.2, 0.25) is 0 Å². The molecule has 0 aromatic heterocycles. The number of nitrogens with zero attached hydrogens (tertiary/aromatic N) is 1. The normalized spacial score (nSPS) is 14.1. The quantitative estimate of drug-likeness (QED) is 0.790. The molecule has 0 heterocycles. The van der Waals surface area contributed by atoms with Crippen LogP contribution in [0.25, 0.3) is 0 Å². The molecule has 1 atom stereocenters. The van der Waals surface area contributed by atoms with Crippen LogP contribution < -0.4 is 10.5 Å². The van der Waals surface area contributed by atoms with Crippen molar-refractivity contribution >= 4 is 0 Å². The zero-order chi connectivity index (χ0) is 10.6. The van der Waals surface area contributed by atoms with Crippen LogP contribution >= 0.6 is 0 Å². The Bertz CT molecular complexity index is 339. The molecule has 74 valence electrons. The Morgan fingerprint density at radius 2 is 2.00 bits per heavy atom. The van der Waals surface area contributed by atoms with Gasteiger partial charge in [-0.05, 0) is 24.1 Å². The summed E-state index contributed by atoms with van der Waals surface area (Å²) in [6.07, 6.45) is 0.593. The number of nitriles is 1. The standard InChI is InChI=1S/C11H14N2O/c1-3-11(13,8-12)9-4-6-10(14-2)7-5-9/h4-7H,3,13H2,1-2H3. The maximum Gasteiger partial charge on any atom is 0.129 e. The number of ether oxygens (including phenoxy) is 1. The average molecular weight is 190 g/mol. The second-order valence-electron chi connectivity index (χ2n) is 3.17. The van der Waals surface area contributed by atoms with Crippen LogP contribution in [0.4, 0.5) is 0 Å². The van der Waals surface area contributed by atoms with Crippen molar-refractivity contribution in [3.63, 3.8) is 0 Å². The summed E-state index contributed by atoms with van der Waals surface area (Å²) >= 11 is 0. The minimum atomic E-state index is -0.883. The van der Waals surface area contributed by atoms with Crippen LogP contribution in [0.3, 0.4) is 0 Å². The lowest BCUT2D eigenvalue weighted by atomic mass is 9.90. The van der Waals surface area contributed by atoms with Crippen molar-refractivity contribution in [1.82, 2.24) is 0 Å². The zero-order valence-electron chi connectivity index (χ0n) is 8.45. The molecule has 0 aliphatic heterocycles. The fourth-order valence-corrected chi connectivity index (χ4v) is 1.24. The predicted molar refractivity (Wildman–Crippen MR) is 54.8 cm³/mol. The van der Waals surface area contributed by atoms with Gasteiger partial charge in [0, 0.05) is 0 Å². The molecule has 3 heteroatoms. The molecule has 0 aliphatic rings. The van der Waals surface area contributed by atoms with Crippen LogP contribution in [-0.2, 0) is 5.54 Å². The molecule has 1 aromatic carbocycles. The van der Waals surface area contributed by atoms with Gasteiger partial charge >= 0.3 is 0 Å². The van der Waals surface area contributed by atoms with Crippen molar-refractivity contribution in [2.45, 2.75) is 18.9 Å². The summed E-state index contributed by atoms with van der Waals surface area (Å²) in [6, 6.07) is 9.39. The number of hydrogen-bond acceptors (Lipinski definition) is 3. The van der Waals surface area contributed by atoms with Gasteiger partial charge in [-0.15, -0.1) is 0 Å². The van der Waals surface area contributed by atoms with Gasteiger partial charge in [0.1, 0.15) is 11.3 Å². The van der Waals surface area contributed by atoms with E-state index in [0.717, 1.165) is 11.3 Å². The van der Waals surface area contributed by atoms with Crippen molar-refractivity contribution in [2.75, 3.05) is 7.11 Å². The summed E-state index contributed by atoms with van der Waals surface area (Å²) in [5, 5.41) is 8.96. The minimum Gasteiger partial charge on any atom is -0.497 e. The first-order valence-electron chi connectivity index (χ1n) is 4.51. The summed E-state index contributed by atoms with van der Waals surface area (Å²) in [4.78, 5) is 0. The van der Waals surface area contributed by atoms with E-state index in [9.17, 15) is 0 Å². The molecule has 2 N–H and O–H groups in total. The maximum atomic E-state index is 8.96. The van der Waals surface area contributed by atoms with E-state index in [4.69, 9.17) is 15.7 Å². The largest absolute Gasteiger partial charge is 0.497 e. The first kappa shape index (κ1) is 10.6. The van der Waals surface area contributed by atoms with Crippen LogP contribution in [0.5, 0.6) is 5.75 Å². The Hall–Kier alpha value is -1.53. The number of benzene rings is 1. The topological polar surface area (TPSA) is 59.0 Å². The van der Waals surface area contributed by atoms with E-state index in [1.54, 1.807) is 7.11 Å². The molecule has 3 nitrogen and oxygen atoms in total. The van der Waals surface area contributed by atoms with Crippen molar-refractivity contribution in [1.29, 1.82) is 5.26 Å². The Morgan fingerprint density at radius 3 is 2.36 bits per heavy atom. The van der Waals surface area contributed by atoms with Crippen molar-refractivity contribution in [3.05, 3.63) is 29.8 Å². The van der Waals surface area contributed by atoms with Crippen LogP contribution in [0.15, 0.2) is 24.3 Å². The Morgan fingerprint density at radius 1 is 1.43 bits per heavy atom. The molecule has 14 heavy (non-hydrogen) atoms. The van der Waals surface area contributed by atoms with E-state index in [-0.39, 0.29) is 0 Å². The zero-order valence-corrected chi connectivity index (χ0v) is 8.45. The van der Waals surface area contributed by atoms with E-state index >= 15 is 0 Å². The molecule has 0 aliphatic carbocycles. The second-order valence-corrected chi connectivity index (χ2v) is 3.17. The monoisotopic (exact) mass is 190 g/mol. The summed E-state index contributed by atoms with van der Waals surface area (Å²) in [6.45, 7) is 1.90. The molecule has 1 aromatic rings. The number of rotatable bonds is 3. The summed E-state index contributed by atoms with van der Waals surface area (Å²) in [5.74, 6) is 0.769. The minimum absolute atomic E-state index is 0.593. The highest BCUT2D eigenvalue weighted by atomic mass is 16.5. The van der Waals surface area contributed by atoms with E-state index in [1.165, 1.54) is 0 Å². The van der Waals surface area contributed by atoms with Gasteiger partial charge in [-0.25, -0.2) is 0 Å². The van der Waals surface area contributed by atoms with Crippen LogP contribution in [0.2, 0.25) is 0 Å². The third-order valence-corrected chi connectivity index (χ3v) is 2.36. The molecule has 1 unspecified atom stereocenters. The lowest BCUT2D eigenvalue weighted by Crippen LogP contribution is -2.33.